The number of aliphatic hydroxyl groups excluding tert-OH is 1. The van der Waals surface area contributed by atoms with Crippen molar-refractivity contribution < 1.29 is 9.84 Å². The second kappa shape index (κ2) is 5.71. The molecule has 1 N–H and O–H groups in total. The maximum Gasteiger partial charge on any atom is 0.102 e. The van der Waals surface area contributed by atoms with E-state index in [4.69, 9.17) is 27.9 Å². The molecule has 4 heteroatoms. The maximum atomic E-state index is 9.76. The van der Waals surface area contributed by atoms with Gasteiger partial charge in [0.1, 0.15) is 6.10 Å². The molecule has 2 nitrogen and oxygen atoms in total. The van der Waals surface area contributed by atoms with Crippen LogP contribution in [-0.4, -0.2) is 17.8 Å². The first-order chi connectivity index (χ1) is 7.00. The van der Waals surface area contributed by atoms with E-state index in [1.165, 1.54) is 0 Å². The molecule has 0 aliphatic carbocycles. The molecule has 0 radical (unpaired) electrons. The standard InChI is InChI=1S/C11H14Cl2O2/c1-7(2)15-6-11(14)8-3-4-9(12)10(13)5-8/h3-5,7,11,14H,6H2,1-2H3. The van der Waals surface area contributed by atoms with Gasteiger partial charge in [0.15, 0.2) is 0 Å². The summed E-state index contributed by atoms with van der Waals surface area (Å²) in [5.41, 5.74) is 0.713. The molecule has 0 aromatic heterocycles. The Hall–Kier alpha value is -0.280. The molecular formula is C11H14Cl2O2. The highest BCUT2D eigenvalue weighted by Crippen LogP contribution is 2.25. The normalized spacial score (nSPS) is 13.2. The van der Waals surface area contributed by atoms with Crippen molar-refractivity contribution in [3.8, 4) is 0 Å². The Labute approximate surface area is 99.8 Å². The van der Waals surface area contributed by atoms with E-state index in [2.05, 4.69) is 0 Å². The third-order valence-electron chi connectivity index (χ3n) is 1.92. The molecular weight excluding hydrogens is 235 g/mol. The molecule has 1 atom stereocenters. The molecule has 0 aliphatic rings. The zero-order valence-corrected chi connectivity index (χ0v) is 10.2. The number of ether oxygens (including phenoxy) is 1. The summed E-state index contributed by atoms with van der Waals surface area (Å²) in [5, 5.41) is 10.7. The lowest BCUT2D eigenvalue weighted by Crippen LogP contribution is -2.11. The van der Waals surface area contributed by atoms with Gasteiger partial charge < -0.3 is 9.84 Å². The topological polar surface area (TPSA) is 29.5 Å². The zero-order chi connectivity index (χ0) is 11.4. The molecule has 0 aliphatic heterocycles. The Kier molecular flexibility index (Phi) is 4.87. The Balaban J connectivity index is 2.65. The third-order valence-corrected chi connectivity index (χ3v) is 2.65. The number of aliphatic hydroxyl groups is 1. The largest absolute Gasteiger partial charge is 0.386 e. The minimum atomic E-state index is -0.665. The number of hydrogen-bond donors (Lipinski definition) is 1. The van der Waals surface area contributed by atoms with Gasteiger partial charge in [-0.15, -0.1) is 0 Å². The van der Waals surface area contributed by atoms with Crippen LogP contribution in [0.15, 0.2) is 18.2 Å². The van der Waals surface area contributed by atoms with Crippen molar-refractivity contribution >= 4 is 23.2 Å². The molecule has 0 amide bonds. The third kappa shape index (κ3) is 3.99. The highest BCUT2D eigenvalue weighted by atomic mass is 35.5. The zero-order valence-electron chi connectivity index (χ0n) is 8.71. The van der Waals surface area contributed by atoms with Crippen LogP contribution in [0.3, 0.4) is 0 Å². The van der Waals surface area contributed by atoms with Gasteiger partial charge in [0, 0.05) is 0 Å². The quantitative estimate of drug-likeness (QED) is 0.885. The Morgan fingerprint density at radius 3 is 2.47 bits per heavy atom. The van der Waals surface area contributed by atoms with Gasteiger partial charge in [-0.2, -0.15) is 0 Å². The van der Waals surface area contributed by atoms with Gasteiger partial charge in [0.2, 0.25) is 0 Å². The van der Waals surface area contributed by atoms with Crippen molar-refractivity contribution in [2.45, 2.75) is 26.1 Å². The van der Waals surface area contributed by atoms with Gasteiger partial charge in [0.05, 0.1) is 22.8 Å². The van der Waals surface area contributed by atoms with Crippen LogP contribution in [0.25, 0.3) is 0 Å². The smallest absolute Gasteiger partial charge is 0.102 e. The van der Waals surface area contributed by atoms with Crippen molar-refractivity contribution in [1.29, 1.82) is 0 Å². The highest BCUT2D eigenvalue weighted by molar-refractivity contribution is 6.42. The fraction of sp³-hybridized carbons (Fsp3) is 0.455. The van der Waals surface area contributed by atoms with Gasteiger partial charge >= 0.3 is 0 Å². The maximum absolute atomic E-state index is 9.76. The average Bonchev–Trinajstić information content (AvgIpc) is 2.18. The Morgan fingerprint density at radius 1 is 1.27 bits per heavy atom. The predicted molar refractivity (Wildman–Crippen MR) is 62.5 cm³/mol. The predicted octanol–water partition coefficient (Wildman–Crippen LogP) is 3.45. The molecule has 1 unspecified atom stereocenters. The molecule has 0 spiro atoms. The van der Waals surface area contributed by atoms with Gasteiger partial charge in [-0.3, -0.25) is 0 Å². The van der Waals surface area contributed by atoms with Crippen LogP contribution in [0.2, 0.25) is 10.0 Å². The van der Waals surface area contributed by atoms with Crippen molar-refractivity contribution in [3.63, 3.8) is 0 Å². The lowest BCUT2D eigenvalue weighted by Gasteiger charge is -2.14. The van der Waals surface area contributed by atoms with Crippen LogP contribution in [0.1, 0.15) is 25.5 Å². The molecule has 1 aromatic carbocycles. The van der Waals surface area contributed by atoms with Crippen molar-refractivity contribution in [1.82, 2.24) is 0 Å². The lowest BCUT2D eigenvalue weighted by molar-refractivity contribution is 0.00493. The molecule has 0 saturated carbocycles. The molecule has 0 saturated heterocycles. The number of halogens is 2. The summed E-state index contributed by atoms with van der Waals surface area (Å²) < 4.78 is 5.30. The molecule has 0 bridgehead atoms. The van der Waals surface area contributed by atoms with Crippen LogP contribution in [-0.2, 0) is 4.74 Å². The molecule has 0 fully saturated rings. The van der Waals surface area contributed by atoms with Crippen LogP contribution < -0.4 is 0 Å². The SMILES string of the molecule is CC(C)OCC(O)c1ccc(Cl)c(Cl)c1. The summed E-state index contributed by atoms with van der Waals surface area (Å²) in [5.74, 6) is 0. The first-order valence-corrected chi connectivity index (χ1v) is 5.51. The van der Waals surface area contributed by atoms with E-state index >= 15 is 0 Å². The molecule has 15 heavy (non-hydrogen) atoms. The number of hydrogen-bond acceptors (Lipinski definition) is 2. The van der Waals surface area contributed by atoms with E-state index in [9.17, 15) is 5.11 Å². The van der Waals surface area contributed by atoms with Gasteiger partial charge in [0.25, 0.3) is 0 Å². The summed E-state index contributed by atoms with van der Waals surface area (Å²) in [6.07, 6.45) is -0.565. The van der Waals surface area contributed by atoms with Gasteiger partial charge in [-0.05, 0) is 31.5 Å². The lowest BCUT2D eigenvalue weighted by atomic mass is 10.1. The van der Waals surface area contributed by atoms with E-state index in [1.54, 1.807) is 18.2 Å². The number of benzene rings is 1. The second-order valence-corrected chi connectivity index (χ2v) is 4.39. The molecule has 0 heterocycles. The molecule has 1 aromatic rings. The summed E-state index contributed by atoms with van der Waals surface area (Å²) in [6.45, 7) is 4.10. The second-order valence-electron chi connectivity index (χ2n) is 3.57. The van der Waals surface area contributed by atoms with Crippen molar-refractivity contribution in [2.24, 2.45) is 0 Å². The molecule has 1 rings (SSSR count). The van der Waals surface area contributed by atoms with Gasteiger partial charge in [-0.25, -0.2) is 0 Å². The van der Waals surface area contributed by atoms with E-state index in [0.29, 0.717) is 15.6 Å². The highest BCUT2D eigenvalue weighted by Gasteiger charge is 2.10. The first kappa shape index (κ1) is 12.8. The van der Waals surface area contributed by atoms with Crippen molar-refractivity contribution in [3.05, 3.63) is 33.8 Å². The molecule has 84 valence electrons. The first-order valence-electron chi connectivity index (χ1n) is 4.75. The Bertz CT molecular complexity index is 326. The van der Waals surface area contributed by atoms with Crippen molar-refractivity contribution in [2.75, 3.05) is 6.61 Å². The fourth-order valence-corrected chi connectivity index (χ4v) is 1.41. The van der Waals surface area contributed by atoms with E-state index in [-0.39, 0.29) is 12.7 Å². The monoisotopic (exact) mass is 248 g/mol. The summed E-state index contributed by atoms with van der Waals surface area (Å²) >= 11 is 11.6. The van der Waals surface area contributed by atoms with Crippen LogP contribution in [0.4, 0.5) is 0 Å². The fourth-order valence-electron chi connectivity index (χ4n) is 1.10. The summed E-state index contributed by atoms with van der Waals surface area (Å²) in [4.78, 5) is 0. The average molecular weight is 249 g/mol. The summed E-state index contributed by atoms with van der Waals surface area (Å²) in [6, 6.07) is 5.05. The van der Waals surface area contributed by atoms with Crippen LogP contribution in [0, 0.1) is 0 Å². The Morgan fingerprint density at radius 2 is 1.93 bits per heavy atom. The van der Waals surface area contributed by atoms with Crippen LogP contribution in [0.5, 0.6) is 0 Å². The van der Waals surface area contributed by atoms with E-state index in [0.717, 1.165) is 0 Å². The van der Waals surface area contributed by atoms with E-state index < -0.39 is 6.10 Å². The van der Waals surface area contributed by atoms with Gasteiger partial charge in [-0.1, -0.05) is 29.3 Å². The number of rotatable bonds is 4. The van der Waals surface area contributed by atoms with E-state index in [1.807, 2.05) is 13.8 Å². The minimum absolute atomic E-state index is 0.0995. The minimum Gasteiger partial charge on any atom is -0.386 e. The van der Waals surface area contributed by atoms with Crippen LogP contribution >= 0.6 is 23.2 Å². The summed E-state index contributed by atoms with van der Waals surface area (Å²) in [7, 11) is 0.